The molecule has 2 fully saturated rings. The Labute approximate surface area is 215 Å². The monoisotopic (exact) mass is 519 g/mol. The van der Waals surface area contributed by atoms with E-state index in [2.05, 4.69) is 33.7 Å². The van der Waals surface area contributed by atoms with Crippen molar-refractivity contribution in [2.24, 2.45) is 5.41 Å². The minimum absolute atomic E-state index is 0.0958. The third kappa shape index (κ3) is 3.06. The summed E-state index contributed by atoms with van der Waals surface area (Å²) in [4.78, 5) is 18.1. The van der Waals surface area contributed by atoms with Gasteiger partial charge in [0.05, 0.1) is 35.4 Å². The van der Waals surface area contributed by atoms with E-state index in [0.717, 1.165) is 49.2 Å². The predicted molar refractivity (Wildman–Crippen MR) is 137 cm³/mol. The fourth-order valence-corrected chi connectivity index (χ4v) is 7.30. The summed E-state index contributed by atoms with van der Waals surface area (Å²) in [5, 5.41) is 10.7. The number of rotatable bonds is 2. The number of hydrogen-bond acceptors (Lipinski definition) is 9. The predicted octanol–water partition coefficient (Wildman–Crippen LogP) is 4.20. The molecule has 0 aliphatic carbocycles. The molecule has 11 heteroatoms. The average Bonchev–Trinajstić information content (AvgIpc) is 3.64. The number of ether oxygens (including phenoxy) is 1. The molecule has 7 rings (SSSR count). The van der Waals surface area contributed by atoms with E-state index in [-0.39, 0.29) is 56.1 Å². The lowest BCUT2D eigenvalue weighted by Gasteiger charge is -2.24. The molecule has 2 saturated heterocycles. The molecule has 3 aliphatic heterocycles. The van der Waals surface area contributed by atoms with Crippen LogP contribution in [0.4, 0.5) is 19.7 Å². The van der Waals surface area contributed by atoms with E-state index >= 15 is 4.39 Å². The Morgan fingerprint density at radius 3 is 2.84 bits per heavy atom. The van der Waals surface area contributed by atoms with E-state index in [1.54, 1.807) is 6.20 Å². The molecule has 37 heavy (non-hydrogen) atoms. The van der Waals surface area contributed by atoms with Crippen molar-refractivity contribution in [2.45, 2.75) is 32.6 Å². The molecule has 0 radical (unpaired) electrons. The van der Waals surface area contributed by atoms with Crippen molar-refractivity contribution >= 4 is 43.3 Å². The van der Waals surface area contributed by atoms with Crippen molar-refractivity contribution in [3.63, 3.8) is 0 Å². The molecule has 188 valence electrons. The summed E-state index contributed by atoms with van der Waals surface area (Å²) in [6.07, 6.45) is 3.82. The average molecular weight is 520 g/mol. The van der Waals surface area contributed by atoms with Crippen molar-refractivity contribution in [3.8, 4) is 17.3 Å². The number of hydrogen-bond donors (Lipinski definition) is 1. The van der Waals surface area contributed by atoms with Crippen LogP contribution in [-0.4, -0.2) is 52.6 Å². The summed E-state index contributed by atoms with van der Waals surface area (Å²) in [5.74, 6) is -0.705. The number of anilines is 2. The quantitative estimate of drug-likeness (QED) is 0.420. The first-order chi connectivity index (χ1) is 17.8. The van der Waals surface area contributed by atoms with Gasteiger partial charge in [0.25, 0.3) is 0 Å². The van der Waals surface area contributed by atoms with Crippen LogP contribution in [0.2, 0.25) is 0 Å². The lowest BCUT2D eigenvalue weighted by Crippen LogP contribution is -2.34. The highest BCUT2D eigenvalue weighted by Crippen LogP contribution is 2.46. The van der Waals surface area contributed by atoms with Crippen molar-refractivity contribution in [1.82, 2.24) is 19.9 Å². The van der Waals surface area contributed by atoms with E-state index in [1.165, 1.54) is 0 Å². The number of aromatic nitrogens is 3. The smallest absolute Gasteiger partial charge is 0.226 e. The van der Waals surface area contributed by atoms with E-state index < -0.39 is 11.6 Å². The van der Waals surface area contributed by atoms with E-state index in [4.69, 9.17) is 15.5 Å². The Kier molecular flexibility index (Phi) is 4.77. The minimum Gasteiger partial charge on any atom is -0.389 e. The van der Waals surface area contributed by atoms with Crippen LogP contribution < -0.4 is 10.6 Å². The van der Waals surface area contributed by atoms with Crippen molar-refractivity contribution < 1.29 is 13.5 Å². The van der Waals surface area contributed by atoms with Gasteiger partial charge in [0.15, 0.2) is 11.6 Å². The zero-order valence-electron chi connectivity index (χ0n) is 20.3. The Bertz CT molecular complexity index is 1680. The second-order valence-corrected chi connectivity index (χ2v) is 11.5. The first-order valence-electron chi connectivity index (χ1n) is 12.1. The molecule has 2 N–H and O–H groups in total. The number of thiophene rings is 1. The normalized spacial score (nSPS) is 23.2. The van der Waals surface area contributed by atoms with Gasteiger partial charge in [-0.3, -0.25) is 4.98 Å². The largest absolute Gasteiger partial charge is 0.389 e. The van der Waals surface area contributed by atoms with Crippen LogP contribution in [0.25, 0.3) is 32.2 Å². The summed E-state index contributed by atoms with van der Waals surface area (Å²) >= 11 is 0.959. The first-order valence-corrected chi connectivity index (χ1v) is 12.9. The fourth-order valence-electron chi connectivity index (χ4n) is 6.38. The first kappa shape index (κ1) is 22.7. The standard InChI is InChI=1S/C26H23F2N7OS/c1-26-3-4-34(2)17(26)8-35(11-26)25-32-6-13-14-9-36-10-15(14)18(20(28)21(13)33-25)22-19-12(5-29)24(30)37-23(19)16(27)7-31-22/h6-7,17H,3-4,8-11,30H2,1-2H3/t17?,26-/m1/s1. The second kappa shape index (κ2) is 7.77. The maximum atomic E-state index is 16.5. The molecule has 3 aromatic heterocycles. The topological polar surface area (TPSA) is 104 Å². The molecule has 0 saturated carbocycles. The van der Waals surface area contributed by atoms with Crippen molar-refractivity contribution in [1.29, 1.82) is 5.26 Å². The molecule has 6 heterocycles. The van der Waals surface area contributed by atoms with Gasteiger partial charge >= 0.3 is 0 Å². The maximum Gasteiger partial charge on any atom is 0.226 e. The Morgan fingerprint density at radius 2 is 2.05 bits per heavy atom. The molecule has 1 unspecified atom stereocenters. The van der Waals surface area contributed by atoms with Gasteiger partial charge in [-0.05, 0) is 31.1 Å². The van der Waals surface area contributed by atoms with E-state index in [1.807, 2.05) is 6.07 Å². The highest BCUT2D eigenvalue weighted by molar-refractivity contribution is 7.23. The van der Waals surface area contributed by atoms with Crippen LogP contribution in [0.3, 0.4) is 0 Å². The Hall–Kier alpha value is -3.46. The number of nitriles is 1. The number of pyridine rings is 1. The number of likely N-dealkylation sites (N-methyl/N-ethyl adjacent to an activating group) is 1. The third-order valence-corrected chi connectivity index (χ3v) is 9.36. The number of fused-ring (bicyclic) bond motifs is 5. The molecule has 1 aromatic carbocycles. The van der Waals surface area contributed by atoms with Crippen LogP contribution in [0.15, 0.2) is 12.4 Å². The Balaban J connectivity index is 1.45. The fraction of sp³-hybridized carbons (Fsp3) is 0.385. The van der Waals surface area contributed by atoms with Crippen LogP contribution >= 0.6 is 11.3 Å². The lowest BCUT2D eigenvalue weighted by molar-refractivity contribution is 0.135. The Morgan fingerprint density at radius 1 is 1.24 bits per heavy atom. The second-order valence-electron chi connectivity index (χ2n) is 10.5. The van der Waals surface area contributed by atoms with Gasteiger partial charge in [-0.25, -0.2) is 18.7 Å². The third-order valence-electron chi connectivity index (χ3n) is 8.33. The number of nitrogen functional groups attached to an aromatic ring is 1. The number of nitrogens with two attached hydrogens (primary N) is 1. The summed E-state index contributed by atoms with van der Waals surface area (Å²) < 4.78 is 37.0. The molecule has 2 atom stereocenters. The number of likely N-dealkylation sites (tertiary alicyclic amines) is 1. The zero-order chi connectivity index (χ0) is 25.6. The van der Waals surface area contributed by atoms with Gasteiger partial charge in [0.1, 0.15) is 16.6 Å². The minimum atomic E-state index is -0.603. The van der Waals surface area contributed by atoms with Gasteiger partial charge in [-0.15, -0.1) is 11.3 Å². The van der Waals surface area contributed by atoms with Gasteiger partial charge in [0, 0.05) is 47.1 Å². The van der Waals surface area contributed by atoms with Gasteiger partial charge < -0.3 is 20.3 Å². The van der Waals surface area contributed by atoms with Crippen LogP contribution in [-0.2, 0) is 18.0 Å². The van der Waals surface area contributed by atoms with Crippen LogP contribution in [0.5, 0.6) is 0 Å². The van der Waals surface area contributed by atoms with E-state index in [9.17, 15) is 9.65 Å². The molecule has 0 spiro atoms. The molecular weight excluding hydrogens is 496 g/mol. The summed E-state index contributed by atoms with van der Waals surface area (Å²) in [7, 11) is 2.14. The number of nitrogens with zero attached hydrogens (tertiary/aromatic N) is 6. The summed E-state index contributed by atoms with van der Waals surface area (Å²) in [5.41, 5.74) is 8.17. The highest BCUT2D eigenvalue weighted by Gasteiger charge is 2.49. The number of halogens is 2. The zero-order valence-corrected chi connectivity index (χ0v) is 21.1. The molecule has 0 bridgehead atoms. The molecule has 3 aliphatic rings. The van der Waals surface area contributed by atoms with E-state index in [0.29, 0.717) is 22.9 Å². The van der Waals surface area contributed by atoms with Crippen LogP contribution in [0, 0.1) is 28.4 Å². The van der Waals surface area contributed by atoms with Crippen LogP contribution in [0.1, 0.15) is 30.0 Å². The lowest BCUT2D eigenvalue weighted by atomic mass is 9.85. The summed E-state index contributed by atoms with van der Waals surface area (Å²) in [6, 6.07) is 2.44. The summed E-state index contributed by atoms with van der Waals surface area (Å²) in [6.45, 7) is 5.37. The molecule has 8 nitrogen and oxygen atoms in total. The van der Waals surface area contributed by atoms with Gasteiger partial charge in [-0.1, -0.05) is 6.92 Å². The number of benzene rings is 1. The van der Waals surface area contributed by atoms with Crippen molar-refractivity contribution in [3.05, 3.63) is 40.7 Å². The molecular formula is C26H23F2N7OS. The maximum absolute atomic E-state index is 16.5. The highest BCUT2D eigenvalue weighted by atomic mass is 32.1. The SMILES string of the molecule is CN1CC[C@]2(C)CN(c3ncc4c5c(c(-c6ncc(F)c7sc(N)c(C#N)c67)c(F)c4n3)COC5)CC12. The van der Waals surface area contributed by atoms with Crippen molar-refractivity contribution in [2.75, 3.05) is 37.3 Å². The molecule has 4 aromatic rings. The molecule has 0 amide bonds. The van der Waals surface area contributed by atoms with Gasteiger partial charge in [-0.2, -0.15) is 5.26 Å². The van der Waals surface area contributed by atoms with Gasteiger partial charge in [0.2, 0.25) is 5.95 Å².